The molecule has 0 aliphatic carbocycles. The lowest BCUT2D eigenvalue weighted by molar-refractivity contribution is -0.116. The summed E-state index contributed by atoms with van der Waals surface area (Å²) in [6.07, 6.45) is 4.07. The van der Waals surface area contributed by atoms with Gasteiger partial charge in [0.25, 0.3) is 0 Å². The number of amides is 1. The Morgan fingerprint density at radius 1 is 1.43 bits per heavy atom. The van der Waals surface area contributed by atoms with Gasteiger partial charge in [-0.25, -0.2) is 0 Å². The molecule has 3 N–H and O–H groups in total. The van der Waals surface area contributed by atoms with E-state index in [0.717, 1.165) is 25.2 Å². The van der Waals surface area contributed by atoms with E-state index in [1.54, 1.807) is 7.11 Å². The fourth-order valence-electron chi connectivity index (χ4n) is 2.83. The molecule has 5 heteroatoms. The van der Waals surface area contributed by atoms with Crippen molar-refractivity contribution in [3.05, 3.63) is 24.3 Å². The highest BCUT2D eigenvalue weighted by Gasteiger charge is 2.21. The predicted molar refractivity (Wildman–Crippen MR) is 84.5 cm³/mol. The van der Waals surface area contributed by atoms with Crippen molar-refractivity contribution in [3.8, 4) is 5.75 Å². The monoisotopic (exact) mass is 291 g/mol. The number of methoxy groups -OCH3 is 1. The fourth-order valence-corrected chi connectivity index (χ4v) is 2.83. The van der Waals surface area contributed by atoms with Gasteiger partial charge in [-0.05, 0) is 31.5 Å². The number of ether oxygens (including phenoxy) is 1. The van der Waals surface area contributed by atoms with Gasteiger partial charge in [-0.15, -0.1) is 0 Å². The zero-order chi connectivity index (χ0) is 15.1. The average Bonchev–Trinajstić information content (AvgIpc) is 2.53. The van der Waals surface area contributed by atoms with Gasteiger partial charge in [0.05, 0.1) is 12.8 Å². The summed E-state index contributed by atoms with van der Waals surface area (Å²) >= 11 is 0. The highest BCUT2D eigenvalue weighted by atomic mass is 16.5. The van der Waals surface area contributed by atoms with Crippen LogP contribution in [0.5, 0.6) is 5.75 Å². The van der Waals surface area contributed by atoms with E-state index in [1.165, 1.54) is 12.8 Å². The normalized spacial score (nSPS) is 19.2. The van der Waals surface area contributed by atoms with Crippen LogP contribution in [0.3, 0.4) is 0 Å². The Morgan fingerprint density at radius 3 is 3.00 bits per heavy atom. The van der Waals surface area contributed by atoms with Crippen LogP contribution >= 0.6 is 0 Å². The van der Waals surface area contributed by atoms with Crippen LogP contribution in [0.1, 0.15) is 25.7 Å². The SMILES string of the molecule is COc1ccccc1NC(=O)CCN1CCCCC1CN. The molecule has 5 nitrogen and oxygen atoms in total. The number of nitrogens with two attached hydrogens (primary N) is 1. The quantitative estimate of drug-likeness (QED) is 0.839. The van der Waals surface area contributed by atoms with Crippen molar-refractivity contribution in [1.82, 2.24) is 4.90 Å². The Kier molecular flexibility index (Phi) is 6.02. The third kappa shape index (κ3) is 4.44. The molecule has 1 heterocycles. The predicted octanol–water partition coefficient (Wildman–Crippen LogP) is 1.84. The van der Waals surface area contributed by atoms with E-state index in [9.17, 15) is 4.79 Å². The maximum absolute atomic E-state index is 12.1. The van der Waals surface area contributed by atoms with Crippen LogP contribution in [0.25, 0.3) is 0 Å². The lowest BCUT2D eigenvalue weighted by atomic mass is 10.0. The molecule has 0 spiro atoms. The van der Waals surface area contributed by atoms with Gasteiger partial charge in [0.15, 0.2) is 0 Å². The molecule has 1 fully saturated rings. The number of nitrogens with one attached hydrogen (secondary N) is 1. The molecule has 1 aliphatic rings. The molecule has 1 aliphatic heterocycles. The van der Waals surface area contributed by atoms with Crippen molar-refractivity contribution in [3.63, 3.8) is 0 Å². The number of nitrogens with zero attached hydrogens (tertiary/aromatic N) is 1. The van der Waals surface area contributed by atoms with Gasteiger partial charge in [0.1, 0.15) is 5.75 Å². The summed E-state index contributed by atoms with van der Waals surface area (Å²) in [4.78, 5) is 14.4. The van der Waals surface area contributed by atoms with Crippen LogP contribution in [-0.4, -0.2) is 43.6 Å². The van der Waals surface area contributed by atoms with Crippen LogP contribution in [0, 0.1) is 0 Å². The Morgan fingerprint density at radius 2 is 2.24 bits per heavy atom. The molecule has 1 saturated heterocycles. The van der Waals surface area contributed by atoms with Crippen LogP contribution in [0.15, 0.2) is 24.3 Å². The fraction of sp³-hybridized carbons (Fsp3) is 0.562. The number of carbonyl (C=O) groups is 1. The van der Waals surface area contributed by atoms with Gasteiger partial charge in [0.2, 0.25) is 5.91 Å². The standard InChI is InChI=1S/C16H25N3O2/c1-21-15-8-3-2-7-14(15)18-16(20)9-11-19-10-5-4-6-13(19)12-17/h2-3,7-8,13H,4-6,9-12,17H2,1H3,(H,18,20). The van der Waals surface area contributed by atoms with Gasteiger partial charge < -0.3 is 15.8 Å². The van der Waals surface area contributed by atoms with E-state index in [0.29, 0.717) is 24.8 Å². The van der Waals surface area contributed by atoms with E-state index in [-0.39, 0.29) is 5.91 Å². The first-order valence-electron chi connectivity index (χ1n) is 7.61. The second-order valence-corrected chi connectivity index (χ2v) is 5.42. The van der Waals surface area contributed by atoms with Crippen molar-refractivity contribution in [1.29, 1.82) is 0 Å². The van der Waals surface area contributed by atoms with Crippen molar-refractivity contribution >= 4 is 11.6 Å². The summed E-state index contributed by atoms with van der Waals surface area (Å²) in [5.41, 5.74) is 6.52. The number of piperidine rings is 1. The van der Waals surface area contributed by atoms with E-state index >= 15 is 0 Å². The van der Waals surface area contributed by atoms with E-state index in [1.807, 2.05) is 24.3 Å². The molecule has 1 amide bonds. The Bertz CT molecular complexity index is 465. The maximum Gasteiger partial charge on any atom is 0.225 e. The smallest absolute Gasteiger partial charge is 0.225 e. The highest BCUT2D eigenvalue weighted by Crippen LogP contribution is 2.23. The molecule has 2 rings (SSSR count). The number of hydrogen-bond acceptors (Lipinski definition) is 4. The molecule has 21 heavy (non-hydrogen) atoms. The highest BCUT2D eigenvalue weighted by molar-refractivity contribution is 5.92. The second-order valence-electron chi connectivity index (χ2n) is 5.42. The zero-order valence-corrected chi connectivity index (χ0v) is 12.7. The molecular formula is C16H25N3O2. The lowest BCUT2D eigenvalue weighted by Gasteiger charge is -2.34. The molecular weight excluding hydrogens is 266 g/mol. The number of likely N-dealkylation sites (tertiary alicyclic amines) is 1. The summed E-state index contributed by atoms with van der Waals surface area (Å²) in [7, 11) is 1.60. The van der Waals surface area contributed by atoms with Gasteiger partial charge in [-0.3, -0.25) is 9.69 Å². The van der Waals surface area contributed by atoms with Crippen LogP contribution in [-0.2, 0) is 4.79 Å². The third-order valence-corrected chi connectivity index (χ3v) is 4.03. The van der Waals surface area contributed by atoms with E-state index in [4.69, 9.17) is 10.5 Å². The summed E-state index contributed by atoms with van der Waals surface area (Å²) < 4.78 is 5.23. The van der Waals surface area contributed by atoms with E-state index in [2.05, 4.69) is 10.2 Å². The maximum atomic E-state index is 12.1. The number of para-hydroxylation sites is 2. The minimum atomic E-state index is 0.0147. The first kappa shape index (κ1) is 15.8. The summed E-state index contributed by atoms with van der Waals surface area (Å²) in [6.45, 7) is 2.49. The lowest BCUT2D eigenvalue weighted by Crippen LogP contribution is -2.45. The average molecular weight is 291 g/mol. The minimum absolute atomic E-state index is 0.0147. The molecule has 1 aromatic carbocycles. The Hall–Kier alpha value is -1.59. The first-order valence-corrected chi connectivity index (χ1v) is 7.61. The van der Waals surface area contributed by atoms with Crippen LogP contribution in [0.4, 0.5) is 5.69 Å². The largest absolute Gasteiger partial charge is 0.495 e. The molecule has 1 unspecified atom stereocenters. The van der Waals surface area contributed by atoms with E-state index < -0.39 is 0 Å². The molecule has 0 radical (unpaired) electrons. The summed E-state index contributed by atoms with van der Waals surface area (Å²) in [5, 5.41) is 2.91. The van der Waals surface area contributed by atoms with Crippen molar-refractivity contribution < 1.29 is 9.53 Å². The van der Waals surface area contributed by atoms with Gasteiger partial charge >= 0.3 is 0 Å². The molecule has 0 saturated carbocycles. The van der Waals surface area contributed by atoms with Crippen molar-refractivity contribution in [2.45, 2.75) is 31.7 Å². The molecule has 1 atom stereocenters. The summed E-state index contributed by atoms with van der Waals surface area (Å²) in [6, 6.07) is 7.88. The molecule has 1 aromatic rings. The zero-order valence-electron chi connectivity index (χ0n) is 12.7. The minimum Gasteiger partial charge on any atom is -0.495 e. The number of hydrogen-bond donors (Lipinski definition) is 2. The van der Waals surface area contributed by atoms with Crippen molar-refractivity contribution in [2.24, 2.45) is 5.73 Å². The van der Waals surface area contributed by atoms with Crippen LogP contribution in [0.2, 0.25) is 0 Å². The molecule has 0 bridgehead atoms. The number of benzene rings is 1. The summed E-state index contributed by atoms with van der Waals surface area (Å²) in [5.74, 6) is 0.699. The van der Waals surface area contributed by atoms with Gasteiger partial charge in [0, 0.05) is 25.6 Å². The molecule has 116 valence electrons. The topological polar surface area (TPSA) is 67.6 Å². The number of carbonyl (C=O) groups excluding carboxylic acids is 1. The third-order valence-electron chi connectivity index (χ3n) is 4.03. The molecule has 0 aromatic heterocycles. The first-order chi connectivity index (χ1) is 10.2. The van der Waals surface area contributed by atoms with Gasteiger partial charge in [-0.1, -0.05) is 18.6 Å². The van der Waals surface area contributed by atoms with Gasteiger partial charge in [-0.2, -0.15) is 0 Å². The number of anilines is 1. The second kappa shape index (κ2) is 8.00. The van der Waals surface area contributed by atoms with Crippen molar-refractivity contribution in [2.75, 3.05) is 32.1 Å². The Balaban J connectivity index is 1.84. The number of rotatable bonds is 6. The van der Waals surface area contributed by atoms with Crippen LogP contribution < -0.4 is 15.8 Å². The Labute approximate surface area is 126 Å².